The number of hydrogen-bond donors (Lipinski definition) is 1. The van der Waals surface area contributed by atoms with Crippen LogP contribution in [-0.4, -0.2) is 6.54 Å². The zero-order valence-electron chi connectivity index (χ0n) is 10.6. The molecule has 0 bridgehead atoms. The molecular weight excluding hydrogens is 250 g/mol. The van der Waals surface area contributed by atoms with E-state index in [0.717, 1.165) is 13.0 Å². The molecule has 0 fully saturated rings. The molecule has 1 aliphatic heterocycles. The van der Waals surface area contributed by atoms with E-state index < -0.39 is 0 Å². The van der Waals surface area contributed by atoms with Gasteiger partial charge in [0.15, 0.2) is 0 Å². The van der Waals surface area contributed by atoms with Gasteiger partial charge in [0.2, 0.25) is 0 Å². The van der Waals surface area contributed by atoms with Crippen LogP contribution in [0.5, 0.6) is 0 Å². The van der Waals surface area contributed by atoms with Crippen molar-refractivity contribution >= 4 is 21.4 Å². The summed E-state index contributed by atoms with van der Waals surface area (Å²) in [7, 11) is 0. The predicted octanol–water partition coefficient (Wildman–Crippen LogP) is 4.14. The second kappa shape index (κ2) is 4.48. The normalized spacial score (nSPS) is 18.4. The van der Waals surface area contributed by atoms with Crippen LogP contribution in [0.4, 0.5) is 0 Å². The monoisotopic (exact) mass is 265 g/mol. The number of benzene rings is 2. The highest BCUT2D eigenvalue weighted by Gasteiger charge is 2.22. The van der Waals surface area contributed by atoms with Crippen LogP contribution in [0, 0.1) is 0 Å². The van der Waals surface area contributed by atoms with E-state index in [1.54, 1.807) is 0 Å². The zero-order valence-corrected chi connectivity index (χ0v) is 11.4. The van der Waals surface area contributed by atoms with Crippen LogP contribution in [0.25, 0.3) is 10.1 Å². The van der Waals surface area contributed by atoms with Crippen LogP contribution in [0.3, 0.4) is 0 Å². The zero-order chi connectivity index (χ0) is 12.7. The maximum Gasteiger partial charge on any atom is 0.0593 e. The maximum atomic E-state index is 3.68. The minimum absolute atomic E-state index is 0.340. The molecule has 1 atom stereocenters. The first kappa shape index (κ1) is 11.2. The van der Waals surface area contributed by atoms with Crippen LogP contribution >= 0.6 is 11.3 Å². The van der Waals surface area contributed by atoms with E-state index in [1.807, 2.05) is 11.3 Å². The Kier molecular flexibility index (Phi) is 2.64. The molecule has 0 aliphatic carbocycles. The second-order valence-electron chi connectivity index (χ2n) is 5.02. The van der Waals surface area contributed by atoms with Crippen LogP contribution < -0.4 is 5.32 Å². The summed E-state index contributed by atoms with van der Waals surface area (Å²) in [6, 6.07) is 18.0. The Morgan fingerprint density at radius 1 is 0.947 bits per heavy atom. The third kappa shape index (κ3) is 1.79. The quantitative estimate of drug-likeness (QED) is 0.697. The lowest BCUT2D eigenvalue weighted by molar-refractivity contribution is 0.571. The standard InChI is InChI=1S/C17H15NS/c1-2-6-14-12(4-1)8-10-18-16(14)15-7-3-5-13-9-11-19-17(13)15/h1-7,9,11,16,18H,8,10H2. The van der Waals surface area contributed by atoms with Crippen molar-refractivity contribution in [3.63, 3.8) is 0 Å². The van der Waals surface area contributed by atoms with Crippen molar-refractivity contribution in [3.8, 4) is 0 Å². The van der Waals surface area contributed by atoms with Gasteiger partial charge in [-0.15, -0.1) is 11.3 Å². The van der Waals surface area contributed by atoms with Crippen LogP contribution in [-0.2, 0) is 6.42 Å². The van der Waals surface area contributed by atoms with Crippen molar-refractivity contribution in [2.75, 3.05) is 6.54 Å². The molecule has 94 valence electrons. The van der Waals surface area contributed by atoms with Crippen molar-refractivity contribution in [1.29, 1.82) is 0 Å². The van der Waals surface area contributed by atoms with Crippen molar-refractivity contribution < 1.29 is 0 Å². The highest BCUT2D eigenvalue weighted by atomic mass is 32.1. The molecule has 2 aromatic carbocycles. The summed E-state index contributed by atoms with van der Waals surface area (Å²) in [6.45, 7) is 1.06. The Bertz CT molecular complexity index is 729. The molecule has 1 aromatic heterocycles. The van der Waals surface area contributed by atoms with E-state index in [2.05, 4.69) is 59.2 Å². The third-order valence-corrected chi connectivity index (χ3v) is 4.91. The third-order valence-electron chi connectivity index (χ3n) is 3.93. The fraction of sp³-hybridized carbons (Fsp3) is 0.176. The molecule has 0 radical (unpaired) electrons. The van der Waals surface area contributed by atoms with Gasteiger partial charge in [0.1, 0.15) is 0 Å². The van der Waals surface area contributed by atoms with E-state index in [9.17, 15) is 0 Å². The summed E-state index contributed by atoms with van der Waals surface area (Å²) in [6.07, 6.45) is 1.13. The summed E-state index contributed by atoms with van der Waals surface area (Å²) in [4.78, 5) is 0. The molecule has 0 amide bonds. The fourth-order valence-electron chi connectivity index (χ4n) is 3.03. The van der Waals surface area contributed by atoms with Crippen LogP contribution in [0.2, 0.25) is 0 Å². The van der Waals surface area contributed by atoms with Gasteiger partial charge in [0.05, 0.1) is 6.04 Å². The van der Waals surface area contributed by atoms with E-state index in [-0.39, 0.29) is 0 Å². The van der Waals surface area contributed by atoms with E-state index in [1.165, 1.54) is 26.8 Å². The molecule has 2 heterocycles. The lowest BCUT2D eigenvalue weighted by Gasteiger charge is -2.27. The first-order valence-electron chi connectivity index (χ1n) is 6.71. The Morgan fingerprint density at radius 3 is 2.84 bits per heavy atom. The van der Waals surface area contributed by atoms with Gasteiger partial charge in [-0.3, -0.25) is 0 Å². The molecule has 0 spiro atoms. The molecule has 1 N–H and O–H groups in total. The van der Waals surface area contributed by atoms with Crippen molar-refractivity contribution in [2.45, 2.75) is 12.5 Å². The van der Waals surface area contributed by atoms with Gasteiger partial charge in [0, 0.05) is 11.2 Å². The van der Waals surface area contributed by atoms with Crippen LogP contribution in [0.15, 0.2) is 53.9 Å². The molecular formula is C17H15NS. The van der Waals surface area contributed by atoms with E-state index in [0.29, 0.717) is 6.04 Å². The van der Waals surface area contributed by atoms with Gasteiger partial charge in [-0.25, -0.2) is 0 Å². The molecule has 1 aliphatic rings. The number of fused-ring (bicyclic) bond motifs is 2. The van der Waals surface area contributed by atoms with Gasteiger partial charge in [-0.05, 0) is 39.9 Å². The average molecular weight is 265 g/mol. The highest BCUT2D eigenvalue weighted by molar-refractivity contribution is 7.17. The topological polar surface area (TPSA) is 12.0 Å². The molecule has 3 aromatic rings. The smallest absolute Gasteiger partial charge is 0.0593 e. The highest BCUT2D eigenvalue weighted by Crippen LogP contribution is 2.35. The predicted molar refractivity (Wildman–Crippen MR) is 81.8 cm³/mol. The van der Waals surface area contributed by atoms with Gasteiger partial charge in [-0.2, -0.15) is 0 Å². The lowest BCUT2D eigenvalue weighted by atomic mass is 9.89. The van der Waals surface area contributed by atoms with E-state index in [4.69, 9.17) is 0 Å². The van der Waals surface area contributed by atoms with Crippen molar-refractivity contribution in [1.82, 2.24) is 5.32 Å². The number of hydrogen-bond acceptors (Lipinski definition) is 2. The van der Waals surface area contributed by atoms with Crippen molar-refractivity contribution in [3.05, 3.63) is 70.6 Å². The SMILES string of the molecule is c1ccc2c(c1)CCNC2c1cccc2ccsc12. The summed E-state index contributed by atoms with van der Waals surface area (Å²) < 4.78 is 1.41. The summed E-state index contributed by atoms with van der Waals surface area (Å²) in [5, 5.41) is 7.22. The molecule has 4 rings (SSSR count). The molecule has 2 heteroatoms. The second-order valence-corrected chi connectivity index (χ2v) is 5.94. The Labute approximate surface area is 116 Å². The summed E-state index contributed by atoms with van der Waals surface area (Å²) in [5.41, 5.74) is 4.34. The number of rotatable bonds is 1. The summed E-state index contributed by atoms with van der Waals surface area (Å²) >= 11 is 1.84. The van der Waals surface area contributed by atoms with Gasteiger partial charge in [-0.1, -0.05) is 42.5 Å². The Balaban J connectivity index is 1.92. The first-order valence-corrected chi connectivity index (χ1v) is 7.59. The Hall–Kier alpha value is -1.64. The van der Waals surface area contributed by atoms with E-state index >= 15 is 0 Å². The molecule has 19 heavy (non-hydrogen) atoms. The Morgan fingerprint density at radius 2 is 1.84 bits per heavy atom. The minimum Gasteiger partial charge on any atom is -0.306 e. The van der Waals surface area contributed by atoms with Gasteiger partial charge < -0.3 is 5.32 Å². The first-order chi connectivity index (χ1) is 9.43. The molecule has 0 saturated carbocycles. The number of nitrogens with one attached hydrogen (secondary N) is 1. The van der Waals surface area contributed by atoms with Gasteiger partial charge in [0.25, 0.3) is 0 Å². The maximum absolute atomic E-state index is 3.68. The largest absolute Gasteiger partial charge is 0.306 e. The lowest BCUT2D eigenvalue weighted by Crippen LogP contribution is -2.30. The van der Waals surface area contributed by atoms with Crippen molar-refractivity contribution in [2.24, 2.45) is 0 Å². The average Bonchev–Trinajstić information content (AvgIpc) is 2.95. The summed E-state index contributed by atoms with van der Waals surface area (Å²) in [5.74, 6) is 0. The van der Waals surface area contributed by atoms with Crippen LogP contribution in [0.1, 0.15) is 22.7 Å². The fourth-order valence-corrected chi connectivity index (χ4v) is 3.97. The number of thiophene rings is 1. The molecule has 1 unspecified atom stereocenters. The minimum atomic E-state index is 0.340. The molecule has 0 saturated heterocycles. The van der Waals surface area contributed by atoms with Gasteiger partial charge >= 0.3 is 0 Å². The molecule has 1 nitrogen and oxygen atoms in total.